The van der Waals surface area contributed by atoms with Gasteiger partial charge < -0.3 is 25.4 Å². The molecule has 0 amide bonds. The molecule has 0 unspecified atom stereocenters. The number of alkyl halides is 12. The van der Waals surface area contributed by atoms with Crippen LogP contribution in [0.1, 0.15) is 109 Å². The molecule has 0 saturated heterocycles. The van der Waals surface area contributed by atoms with Gasteiger partial charge in [-0.05, 0) is 126 Å². The molecule has 83 heavy (non-hydrogen) atoms. The van der Waals surface area contributed by atoms with Gasteiger partial charge in [-0.1, -0.05) is 44.5 Å². The van der Waals surface area contributed by atoms with Crippen molar-refractivity contribution < 1.29 is 101 Å². The summed E-state index contributed by atoms with van der Waals surface area (Å²) >= 11 is 5.43. The molecule has 28 heteroatoms. The van der Waals surface area contributed by atoms with E-state index in [9.17, 15) is 67.1 Å². The van der Waals surface area contributed by atoms with Crippen molar-refractivity contribution in [3.63, 3.8) is 0 Å². The van der Waals surface area contributed by atoms with Crippen LogP contribution >= 0.6 is 23.6 Å². The van der Waals surface area contributed by atoms with E-state index in [1.54, 1.807) is 17.4 Å². The zero-order chi connectivity index (χ0) is 60.9. The van der Waals surface area contributed by atoms with Gasteiger partial charge in [0.25, 0.3) is 19.4 Å². The van der Waals surface area contributed by atoms with Gasteiger partial charge in [0, 0.05) is 53.3 Å². The van der Waals surface area contributed by atoms with E-state index < -0.39 is 74.6 Å². The molecule has 0 bridgehead atoms. The number of rotatable bonds is 26. The molecule has 0 saturated carbocycles. The minimum absolute atomic E-state index is 0. The predicted molar refractivity (Wildman–Crippen MR) is 289 cm³/mol. The first-order chi connectivity index (χ1) is 38.7. The molecule has 0 aliphatic rings. The van der Waals surface area contributed by atoms with E-state index in [0.29, 0.717) is 6.08 Å². The van der Waals surface area contributed by atoms with Gasteiger partial charge >= 0.3 is 44.2 Å². The average Bonchev–Trinajstić information content (AvgIpc) is 4.06. The predicted octanol–water partition coefficient (Wildman–Crippen LogP) is 16.8. The van der Waals surface area contributed by atoms with Crippen LogP contribution in [0.25, 0.3) is 70.0 Å². The first-order valence-corrected chi connectivity index (χ1v) is 25.3. The van der Waals surface area contributed by atoms with E-state index >= 15 is 0 Å². The number of hydrogen-bond donors (Lipinski definition) is 1. The summed E-state index contributed by atoms with van der Waals surface area (Å²) in [6.45, 7) is 2.06. The molecule has 5 rings (SSSR count). The standard InChI is InChI=1S/C33H26F9N3O6.C21H23F3N3S.CNS.Ru/c34-31(35,36)6-1-24(49-18-46)11-21-4-9-43-27(14-21)29-16-23(13-26(51-20-48)3-8-33(40,41)42)17-30(45-29)28-15-22(5-10-44-28)12-25(50-19-47)2-7-32(37,38)39;1-2-3-4-5-6-16-9-10-17(28-16)8-7-15-11-12-27-19(13-15)18(25)14-20(26)21(22,23)24;2-1-3;/h4-5,9-20H,1-3,6-8H2;7-14,25-26H,2-6H2,1H3;;/q;2*-1;+2/b24-11+,25-12+,26-13+;8-7+,18-14-,26-20?;;. The number of nitrogens with zero attached hydrogens (tertiary/aromatic N) is 5. The van der Waals surface area contributed by atoms with Crippen molar-refractivity contribution >= 4 is 89.9 Å². The summed E-state index contributed by atoms with van der Waals surface area (Å²) in [5, 5.41) is 15.4. The number of carbonyl (C=O) groups excluding carboxylic acids is 3. The quantitative estimate of drug-likeness (QED) is 0.00807. The van der Waals surface area contributed by atoms with Crippen LogP contribution in [0.4, 0.5) is 52.7 Å². The summed E-state index contributed by atoms with van der Waals surface area (Å²) in [6.07, 6.45) is -6.68. The molecule has 0 fully saturated rings. The number of isothiocyanates is 1. The molecule has 0 aliphatic heterocycles. The van der Waals surface area contributed by atoms with E-state index in [4.69, 9.17) is 30.8 Å². The van der Waals surface area contributed by atoms with Crippen molar-refractivity contribution in [1.82, 2.24) is 19.9 Å². The number of thiophene rings is 1. The number of hydrogen-bond acceptors (Lipinski definition) is 13. The third kappa shape index (κ3) is 29.3. The smallest absolute Gasteiger partial charge is 0.753 e. The number of halogens is 12. The Hall–Kier alpha value is -7.54. The largest absolute Gasteiger partial charge is 2.00 e. The fraction of sp³-hybridized carbons (Fsp3) is 0.291. The van der Waals surface area contributed by atoms with Crippen molar-refractivity contribution in [3.8, 4) is 22.8 Å². The van der Waals surface area contributed by atoms with Gasteiger partial charge in [0.2, 0.25) is 0 Å². The molecule has 5 aromatic rings. The number of allylic oxidation sites excluding steroid dienone is 4. The second kappa shape index (κ2) is 35.5. The van der Waals surface area contributed by atoms with Gasteiger partial charge in [-0.25, -0.2) is 4.98 Å². The Labute approximate surface area is 490 Å². The van der Waals surface area contributed by atoms with Gasteiger partial charge in [-0.3, -0.25) is 34.7 Å². The Morgan fingerprint density at radius 1 is 0.627 bits per heavy atom. The first-order valence-electron chi connectivity index (χ1n) is 24.1. The normalized spacial score (nSPS) is 12.4. The number of nitrogens with one attached hydrogen (secondary N) is 2. The zero-order valence-corrected chi connectivity index (χ0v) is 46.7. The summed E-state index contributed by atoms with van der Waals surface area (Å²) in [5.74, 6) is -1.000. The van der Waals surface area contributed by atoms with Crippen LogP contribution in [0, 0.1) is 5.41 Å². The van der Waals surface area contributed by atoms with Crippen LogP contribution < -0.4 is 0 Å². The van der Waals surface area contributed by atoms with Crippen molar-refractivity contribution in [2.24, 2.45) is 0 Å². The van der Waals surface area contributed by atoms with Crippen LogP contribution in [-0.2, 0) is 54.5 Å². The number of thiocarbonyl (C=S) groups is 1. The van der Waals surface area contributed by atoms with Gasteiger partial charge in [-0.15, -0.1) is 17.0 Å². The Bertz CT molecular complexity index is 3010. The fourth-order valence-corrected chi connectivity index (χ4v) is 7.76. The minimum Gasteiger partial charge on any atom is -0.753 e. The average molecular weight is 1300 g/mol. The van der Waals surface area contributed by atoms with Crippen molar-refractivity contribution in [2.45, 2.75) is 102 Å². The van der Waals surface area contributed by atoms with E-state index in [1.165, 1.54) is 96.8 Å². The Morgan fingerprint density at radius 2 is 1.06 bits per heavy atom. The third-order valence-electron chi connectivity index (χ3n) is 10.5. The number of carbonyl (C=O) groups is 3. The Kier molecular flexibility index (Phi) is 30.6. The van der Waals surface area contributed by atoms with E-state index in [2.05, 4.69) is 51.2 Å². The molecule has 0 aromatic carbocycles. The number of aromatic nitrogens is 4. The monoisotopic (exact) mass is 1300 g/mol. The third-order valence-corrected chi connectivity index (χ3v) is 11.7. The molecular formula is C55H49F12N7O6RuS2. The molecule has 444 valence electrons. The molecule has 0 atom stereocenters. The SMILES string of the molecule is CCCCCCc1ccc(/C=C/c2ccnc(/C([NH-])=C/C(=N)C(F)(F)F)c2)s1.O=CO/C(=C/c1ccnc(-c2cc(/C=C(\CCC(F)(F)F)OC=O)cc(-c3cc(/C=C(\CCC(F)(F)F)OC=O)ccn3)n2)c1)CCC(F)(F)F.[N-]=C=S.[Ru+2]. The molecule has 13 nitrogen and oxygen atoms in total. The number of ether oxygens (including phenoxy) is 3. The minimum atomic E-state index is -4.77. The number of pyridine rings is 4. The summed E-state index contributed by atoms with van der Waals surface area (Å²) in [5.41, 5.74) is 7.41. The van der Waals surface area contributed by atoms with Crippen molar-refractivity contribution in [2.75, 3.05) is 0 Å². The maximum absolute atomic E-state index is 13.0. The topological polar surface area (TPSA) is 200 Å². The number of unbranched alkanes of at least 4 members (excludes halogenated alkanes) is 3. The maximum Gasteiger partial charge on any atom is 2.00 e. The molecule has 0 aliphatic carbocycles. The van der Waals surface area contributed by atoms with Crippen molar-refractivity contribution in [3.05, 3.63) is 151 Å². The maximum atomic E-state index is 13.0. The molecule has 0 radical (unpaired) electrons. The van der Waals surface area contributed by atoms with E-state index in [-0.39, 0.29) is 101 Å². The zero-order valence-electron chi connectivity index (χ0n) is 43.4. The molecular weight excluding hydrogens is 1250 g/mol. The van der Waals surface area contributed by atoms with E-state index in [1.807, 2.05) is 12.2 Å². The Morgan fingerprint density at radius 3 is 1.49 bits per heavy atom. The number of aryl methyl sites for hydroxylation is 1. The second-order valence-corrected chi connectivity index (χ2v) is 18.3. The van der Waals surface area contributed by atoms with Crippen LogP contribution in [0.5, 0.6) is 0 Å². The first kappa shape index (κ1) is 71.6. The van der Waals surface area contributed by atoms with Gasteiger partial charge in [0.1, 0.15) is 23.0 Å². The van der Waals surface area contributed by atoms with Gasteiger partial charge in [0.15, 0.2) is 0 Å². The summed E-state index contributed by atoms with van der Waals surface area (Å²) in [7, 11) is 0. The molecule has 2 N–H and O–H groups in total. The van der Waals surface area contributed by atoms with Crippen LogP contribution in [0.3, 0.4) is 0 Å². The fourth-order valence-electron chi connectivity index (χ4n) is 6.80. The van der Waals surface area contributed by atoms with Crippen LogP contribution in [0.15, 0.2) is 103 Å². The van der Waals surface area contributed by atoms with Crippen LogP contribution in [-0.4, -0.2) is 74.9 Å². The summed E-state index contributed by atoms with van der Waals surface area (Å²) in [6, 6.07) is 15.7. The molecule has 5 aromatic heterocycles. The summed E-state index contributed by atoms with van der Waals surface area (Å²) in [4.78, 5) is 52.2. The second-order valence-electron chi connectivity index (χ2n) is 16.9. The van der Waals surface area contributed by atoms with Gasteiger partial charge in [0.05, 0.1) is 42.0 Å². The van der Waals surface area contributed by atoms with Crippen molar-refractivity contribution in [1.29, 1.82) is 5.41 Å². The molecule has 5 heterocycles. The van der Waals surface area contributed by atoms with Gasteiger partial charge in [-0.2, -0.15) is 57.8 Å². The van der Waals surface area contributed by atoms with Crippen LogP contribution in [0.2, 0.25) is 0 Å². The summed E-state index contributed by atoms with van der Waals surface area (Å²) < 4.78 is 167. The molecule has 0 spiro atoms. The Balaban J connectivity index is 0.000000618. The van der Waals surface area contributed by atoms with E-state index in [0.717, 1.165) is 35.1 Å².